The fourth-order valence-electron chi connectivity index (χ4n) is 3.69. The SMILES string of the molecule is NCc1nccc(-c2cc(COc3ccc(F)cc3CC(=O)O)cc3c(C(F)(F)F)coc23)c1F. The van der Waals surface area contributed by atoms with E-state index in [-0.39, 0.29) is 57.8 Å². The molecule has 0 amide bonds. The highest BCUT2D eigenvalue weighted by Gasteiger charge is 2.35. The molecule has 0 fully saturated rings. The number of aliphatic carboxylic acids is 1. The average Bonchev–Trinajstić information content (AvgIpc) is 3.22. The van der Waals surface area contributed by atoms with Gasteiger partial charge >= 0.3 is 12.1 Å². The van der Waals surface area contributed by atoms with Gasteiger partial charge in [0.2, 0.25) is 0 Å². The van der Waals surface area contributed by atoms with Crippen molar-refractivity contribution in [3.8, 4) is 16.9 Å². The first-order chi connectivity index (χ1) is 16.6. The molecule has 0 saturated carbocycles. The molecule has 0 aliphatic carbocycles. The molecule has 0 radical (unpaired) electrons. The van der Waals surface area contributed by atoms with Crippen molar-refractivity contribution in [2.24, 2.45) is 5.73 Å². The zero-order valence-corrected chi connectivity index (χ0v) is 17.8. The number of pyridine rings is 1. The van der Waals surface area contributed by atoms with Gasteiger partial charge in [-0.1, -0.05) is 0 Å². The summed E-state index contributed by atoms with van der Waals surface area (Å²) in [6.45, 7) is -0.547. The van der Waals surface area contributed by atoms with E-state index in [4.69, 9.17) is 20.0 Å². The number of hydrogen-bond acceptors (Lipinski definition) is 5. The quantitative estimate of drug-likeness (QED) is 0.333. The summed E-state index contributed by atoms with van der Waals surface area (Å²) in [5, 5.41) is 8.74. The van der Waals surface area contributed by atoms with Gasteiger partial charge in [-0.2, -0.15) is 13.2 Å². The summed E-state index contributed by atoms with van der Waals surface area (Å²) in [6.07, 6.45) is -3.44. The molecule has 0 atom stereocenters. The van der Waals surface area contributed by atoms with Crippen LogP contribution in [0.15, 0.2) is 53.3 Å². The van der Waals surface area contributed by atoms with Crippen LogP contribution in [-0.4, -0.2) is 16.1 Å². The van der Waals surface area contributed by atoms with Crippen LogP contribution in [0, 0.1) is 11.6 Å². The van der Waals surface area contributed by atoms with E-state index in [9.17, 15) is 26.7 Å². The fraction of sp³-hybridized carbons (Fsp3) is 0.167. The van der Waals surface area contributed by atoms with E-state index in [1.165, 1.54) is 30.5 Å². The number of benzene rings is 2. The Hall–Kier alpha value is -3.99. The van der Waals surface area contributed by atoms with Gasteiger partial charge in [0.1, 0.15) is 35.6 Å². The van der Waals surface area contributed by atoms with E-state index in [0.717, 1.165) is 12.1 Å². The zero-order chi connectivity index (χ0) is 25.3. The van der Waals surface area contributed by atoms with Crippen molar-refractivity contribution < 1.29 is 41.0 Å². The molecule has 0 spiro atoms. The lowest BCUT2D eigenvalue weighted by atomic mass is 9.98. The number of carboxylic acids is 1. The maximum atomic E-state index is 15.0. The molecule has 0 bridgehead atoms. The highest BCUT2D eigenvalue weighted by molar-refractivity contribution is 5.95. The lowest BCUT2D eigenvalue weighted by molar-refractivity contribution is -0.137. The Balaban J connectivity index is 1.82. The van der Waals surface area contributed by atoms with Crippen LogP contribution in [0.5, 0.6) is 5.75 Å². The topological polar surface area (TPSA) is 98.6 Å². The number of rotatable bonds is 7. The fourth-order valence-corrected chi connectivity index (χ4v) is 3.69. The molecule has 11 heteroatoms. The Kier molecular flexibility index (Phi) is 6.44. The number of fused-ring (bicyclic) bond motifs is 1. The maximum Gasteiger partial charge on any atom is 0.420 e. The molecule has 2 heterocycles. The van der Waals surface area contributed by atoms with Crippen molar-refractivity contribution in [3.05, 3.63) is 82.9 Å². The van der Waals surface area contributed by atoms with Gasteiger partial charge in [0, 0.05) is 34.8 Å². The number of aromatic nitrogens is 1. The second-order valence-corrected chi connectivity index (χ2v) is 7.60. The van der Waals surface area contributed by atoms with Gasteiger partial charge in [0.25, 0.3) is 0 Å². The number of nitrogens with two attached hydrogens (primary N) is 1. The second-order valence-electron chi connectivity index (χ2n) is 7.60. The van der Waals surface area contributed by atoms with Crippen molar-refractivity contribution in [2.75, 3.05) is 0 Å². The van der Waals surface area contributed by atoms with Gasteiger partial charge in [-0.25, -0.2) is 8.78 Å². The average molecular weight is 492 g/mol. The van der Waals surface area contributed by atoms with Crippen molar-refractivity contribution in [3.63, 3.8) is 0 Å². The summed E-state index contributed by atoms with van der Waals surface area (Å²) in [5.41, 5.74) is 4.39. The smallest absolute Gasteiger partial charge is 0.420 e. The monoisotopic (exact) mass is 492 g/mol. The standard InChI is InChI=1S/C24H17F5N2O4/c25-14-1-2-20(13(7-14)8-21(32)33)34-10-12-5-16(15-3-4-31-19(9-30)22(15)26)23-17(6-12)18(11-35-23)24(27,28)29/h1-7,11H,8-10,30H2,(H,32,33). The van der Waals surface area contributed by atoms with E-state index in [1.54, 1.807) is 0 Å². The molecule has 4 aromatic rings. The number of carbonyl (C=O) groups is 1. The van der Waals surface area contributed by atoms with Crippen LogP contribution in [0.3, 0.4) is 0 Å². The number of halogens is 5. The molecule has 4 rings (SSSR count). The largest absolute Gasteiger partial charge is 0.489 e. The lowest BCUT2D eigenvalue weighted by Gasteiger charge is -2.13. The first-order valence-electron chi connectivity index (χ1n) is 10.2. The van der Waals surface area contributed by atoms with Crippen molar-refractivity contribution in [1.29, 1.82) is 0 Å². The summed E-state index contributed by atoms with van der Waals surface area (Å²) in [5.74, 6) is -2.66. The molecular formula is C24H17F5N2O4. The van der Waals surface area contributed by atoms with Crippen molar-refractivity contribution >= 4 is 16.9 Å². The summed E-state index contributed by atoms with van der Waals surface area (Å²) in [7, 11) is 0. The molecule has 2 aromatic heterocycles. The van der Waals surface area contributed by atoms with E-state index in [0.29, 0.717) is 6.26 Å². The first kappa shape index (κ1) is 24.1. The number of hydrogen-bond donors (Lipinski definition) is 2. The van der Waals surface area contributed by atoms with E-state index >= 15 is 0 Å². The highest BCUT2D eigenvalue weighted by Crippen LogP contribution is 2.41. The Morgan fingerprint density at radius 1 is 1.11 bits per heavy atom. The number of carboxylic acid groups (broad SMARTS) is 1. The molecular weight excluding hydrogens is 475 g/mol. The van der Waals surface area contributed by atoms with Gasteiger partial charge < -0.3 is 20.0 Å². The number of nitrogens with zero attached hydrogens (tertiary/aromatic N) is 1. The normalized spacial score (nSPS) is 11.7. The lowest BCUT2D eigenvalue weighted by Crippen LogP contribution is -2.06. The van der Waals surface area contributed by atoms with Crippen LogP contribution in [0.2, 0.25) is 0 Å². The summed E-state index contributed by atoms with van der Waals surface area (Å²) in [6, 6.07) is 7.15. The van der Waals surface area contributed by atoms with Crippen LogP contribution in [-0.2, 0) is 30.5 Å². The maximum absolute atomic E-state index is 15.0. The minimum Gasteiger partial charge on any atom is -0.489 e. The van der Waals surface area contributed by atoms with Gasteiger partial charge in [-0.3, -0.25) is 9.78 Å². The van der Waals surface area contributed by atoms with Crippen molar-refractivity contribution in [1.82, 2.24) is 4.98 Å². The third kappa shape index (κ3) is 4.94. The Morgan fingerprint density at radius 2 is 1.89 bits per heavy atom. The van der Waals surface area contributed by atoms with Gasteiger partial charge in [-0.15, -0.1) is 0 Å². The molecule has 0 aliphatic rings. The summed E-state index contributed by atoms with van der Waals surface area (Å²) < 4.78 is 80.2. The molecule has 35 heavy (non-hydrogen) atoms. The number of ether oxygens (including phenoxy) is 1. The Bertz CT molecular complexity index is 1420. The van der Waals surface area contributed by atoms with Crippen LogP contribution >= 0.6 is 0 Å². The number of alkyl halides is 3. The molecule has 3 N–H and O–H groups in total. The summed E-state index contributed by atoms with van der Waals surface area (Å²) >= 11 is 0. The Morgan fingerprint density at radius 3 is 2.57 bits per heavy atom. The van der Waals surface area contributed by atoms with E-state index in [1.807, 2.05) is 0 Å². The second kappa shape index (κ2) is 9.34. The number of furan rings is 1. The minimum atomic E-state index is -4.74. The molecule has 0 saturated heterocycles. The molecule has 0 aliphatic heterocycles. The molecule has 2 aromatic carbocycles. The molecule has 0 unspecified atom stereocenters. The van der Waals surface area contributed by atoms with Gasteiger partial charge in [-0.05, 0) is 42.0 Å². The third-order valence-corrected chi connectivity index (χ3v) is 5.24. The van der Waals surface area contributed by atoms with E-state index < -0.39 is 35.8 Å². The van der Waals surface area contributed by atoms with Crippen LogP contribution in [0.1, 0.15) is 22.4 Å². The zero-order valence-electron chi connectivity index (χ0n) is 17.8. The Labute approximate surface area is 194 Å². The predicted molar refractivity (Wildman–Crippen MR) is 114 cm³/mol. The van der Waals surface area contributed by atoms with Gasteiger partial charge in [0.15, 0.2) is 5.82 Å². The first-order valence-corrected chi connectivity index (χ1v) is 10.2. The van der Waals surface area contributed by atoms with Crippen LogP contribution in [0.25, 0.3) is 22.1 Å². The van der Waals surface area contributed by atoms with Crippen LogP contribution in [0.4, 0.5) is 22.0 Å². The molecule has 182 valence electrons. The van der Waals surface area contributed by atoms with E-state index in [2.05, 4.69) is 4.98 Å². The predicted octanol–water partition coefficient (Wildman–Crippen LogP) is 5.46. The van der Waals surface area contributed by atoms with Crippen LogP contribution < -0.4 is 10.5 Å². The summed E-state index contributed by atoms with van der Waals surface area (Å²) in [4.78, 5) is 14.9. The highest BCUT2D eigenvalue weighted by atomic mass is 19.4. The minimum absolute atomic E-state index is 0.0241. The van der Waals surface area contributed by atoms with Gasteiger partial charge in [0.05, 0.1) is 12.1 Å². The molecule has 6 nitrogen and oxygen atoms in total. The third-order valence-electron chi connectivity index (χ3n) is 5.24. The van der Waals surface area contributed by atoms with Crippen molar-refractivity contribution in [2.45, 2.75) is 25.7 Å².